The molecule has 3 nitrogen and oxygen atoms in total. The normalized spacial score (nSPS) is 12.9. The number of aromatic nitrogens is 2. The smallest absolute Gasteiger partial charge is 0.109 e. The van der Waals surface area contributed by atoms with Crippen molar-refractivity contribution in [3.05, 3.63) is 52.5 Å². The summed E-state index contributed by atoms with van der Waals surface area (Å²) >= 11 is 1.80. The lowest BCUT2D eigenvalue weighted by molar-refractivity contribution is 0.491. The number of nitrogens with one attached hydrogen (secondary N) is 1. The maximum Gasteiger partial charge on any atom is 0.109 e. The quantitative estimate of drug-likeness (QED) is 0.745. The summed E-state index contributed by atoms with van der Waals surface area (Å²) in [5, 5.41) is 5.68. The van der Waals surface area contributed by atoms with Crippen molar-refractivity contribution < 1.29 is 0 Å². The first kappa shape index (κ1) is 14.3. The molecule has 1 aromatic carbocycles. The fourth-order valence-electron chi connectivity index (χ4n) is 2.74. The summed E-state index contributed by atoms with van der Waals surface area (Å²) in [6, 6.07) is 13.1. The van der Waals surface area contributed by atoms with Gasteiger partial charge in [0.2, 0.25) is 0 Å². The molecule has 21 heavy (non-hydrogen) atoms. The lowest BCUT2D eigenvalue weighted by Crippen LogP contribution is -2.24. The zero-order valence-corrected chi connectivity index (χ0v) is 13.4. The number of nitrogens with zero attached hydrogens (tertiary/aromatic N) is 2. The Hall–Kier alpha value is -1.65. The van der Waals surface area contributed by atoms with Crippen LogP contribution < -0.4 is 5.32 Å². The molecule has 2 heterocycles. The van der Waals surface area contributed by atoms with Crippen LogP contribution in [-0.4, -0.2) is 16.1 Å². The van der Waals surface area contributed by atoms with Gasteiger partial charge in [-0.25, -0.2) is 4.98 Å². The second kappa shape index (κ2) is 6.41. The van der Waals surface area contributed by atoms with Gasteiger partial charge >= 0.3 is 0 Å². The van der Waals surface area contributed by atoms with E-state index >= 15 is 0 Å². The highest BCUT2D eigenvalue weighted by atomic mass is 32.1. The van der Waals surface area contributed by atoms with Gasteiger partial charge in [0, 0.05) is 30.4 Å². The lowest BCUT2D eigenvalue weighted by atomic mass is 10.2. The van der Waals surface area contributed by atoms with Crippen molar-refractivity contribution in [3.63, 3.8) is 0 Å². The standard InChI is InChI=1S/C17H21N3S/c1-3-17-19-15-8-4-5-9-16(15)20(17)13(2)11-18-12-14-7-6-10-21-14/h4-10,13,18H,3,11-12H2,1-2H3. The van der Waals surface area contributed by atoms with E-state index in [-0.39, 0.29) is 0 Å². The average molecular weight is 299 g/mol. The summed E-state index contributed by atoms with van der Waals surface area (Å²) in [6.07, 6.45) is 0.962. The van der Waals surface area contributed by atoms with Crippen molar-refractivity contribution in [2.45, 2.75) is 32.9 Å². The minimum Gasteiger partial charge on any atom is -0.324 e. The molecule has 0 fully saturated rings. The van der Waals surface area contributed by atoms with Crippen LogP contribution in [0.3, 0.4) is 0 Å². The van der Waals surface area contributed by atoms with E-state index < -0.39 is 0 Å². The Labute approximate surface area is 129 Å². The van der Waals surface area contributed by atoms with Crippen molar-refractivity contribution in [1.29, 1.82) is 0 Å². The van der Waals surface area contributed by atoms with Gasteiger partial charge in [-0.3, -0.25) is 0 Å². The molecule has 0 amide bonds. The van der Waals surface area contributed by atoms with Gasteiger partial charge < -0.3 is 9.88 Å². The molecule has 1 atom stereocenters. The number of rotatable bonds is 6. The van der Waals surface area contributed by atoms with Crippen LogP contribution in [0.15, 0.2) is 41.8 Å². The Bertz CT molecular complexity index is 700. The predicted octanol–water partition coefficient (Wildman–Crippen LogP) is 4.01. The molecule has 0 aliphatic rings. The highest BCUT2D eigenvalue weighted by Gasteiger charge is 2.14. The fourth-order valence-corrected chi connectivity index (χ4v) is 3.42. The number of imidazole rings is 1. The van der Waals surface area contributed by atoms with E-state index in [4.69, 9.17) is 4.98 Å². The molecule has 1 N–H and O–H groups in total. The fraction of sp³-hybridized carbons (Fsp3) is 0.353. The maximum atomic E-state index is 4.75. The number of benzene rings is 1. The van der Waals surface area contributed by atoms with Crippen LogP contribution in [0, 0.1) is 0 Å². The Morgan fingerprint density at radius 3 is 2.86 bits per heavy atom. The Kier molecular flexibility index (Phi) is 4.36. The van der Waals surface area contributed by atoms with Crippen LogP contribution in [0.2, 0.25) is 0 Å². The Balaban J connectivity index is 1.75. The van der Waals surface area contributed by atoms with Crippen molar-refractivity contribution in [2.75, 3.05) is 6.54 Å². The van der Waals surface area contributed by atoms with Gasteiger partial charge in [-0.05, 0) is 30.5 Å². The molecule has 1 unspecified atom stereocenters. The second-order valence-electron chi connectivity index (χ2n) is 5.30. The molecule has 3 rings (SSSR count). The van der Waals surface area contributed by atoms with E-state index in [0.717, 1.165) is 25.0 Å². The number of fused-ring (bicyclic) bond motifs is 1. The van der Waals surface area contributed by atoms with Crippen LogP contribution in [0.25, 0.3) is 11.0 Å². The van der Waals surface area contributed by atoms with Gasteiger partial charge in [0.15, 0.2) is 0 Å². The lowest BCUT2D eigenvalue weighted by Gasteiger charge is -2.18. The van der Waals surface area contributed by atoms with Gasteiger partial charge in [-0.15, -0.1) is 11.3 Å². The molecule has 0 spiro atoms. The molecule has 0 aliphatic heterocycles. The third-order valence-electron chi connectivity index (χ3n) is 3.74. The van der Waals surface area contributed by atoms with Crippen LogP contribution in [0.1, 0.15) is 30.6 Å². The molecule has 0 aliphatic carbocycles. The van der Waals surface area contributed by atoms with E-state index in [2.05, 4.69) is 65.5 Å². The molecule has 4 heteroatoms. The van der Waals surface area contributed by atoms with Crippen LogP contribution in [0.5, 0.6) is 0 Å². The first-order valence-electron chi connectivity index (χ1n) is 7.48. The van der Waals surface area contributed by atoms with Crippen LogP contribution in [-0.2, 0) is 13.0 Å². The van der Waals surface area contributed by atoms with Crippen molar-refractivity contribution in [3.8, 4) is 0 Å². The number of hydrogen-bond donors (Lipinski definition) is 1. The van der Waals surface area contributed by atoms with Gasteiger partial charge in [0.25, 0.3) is 0 Å². The van der Waals surface area contributed by atoms with E-state index in [9.17, 15) is 0 Å². The summed E-state index contributed by atoms with van der Waals surface area (Å²) in [4.78, 5) is 6.13. The molecule has 0 saturated carbocycles. The summed E-state index contributed by atoms with van der Waals surface area (Å²) < 4.78 is 2.37. The van der Waals surface area contributed by atoms with Gasteiger partial charge in [-0.1, -0.05) is 25.1 Å². The molecule has 0 radical (unpaired) electrons. The zero-order chi connectivity index (χ0) is 14.7. The topological polar surface area (TPSA) is 29.9 Å². The summed E-state index contributed by atoms with van der Waals surface area (Å²) in [6.45, 7) is 6.32. The maximum absolute atomic E-state index is 4.75. The largest absolute Gasteiger partial charge is 0.324 e. The van der Waals surface area contributed by atoms with Crippen molar-refractivity contribution in [2.24, 2.45) is 0 Å². The van der Waals surface area contributed by atoms with E-state index in [0.29, 0.717) is 6.04 Å². The molecule has 0 bridgehead atoms. The minimum absolute atomic E-state index is 0.396. The summed E-state index contributed by atoms with van der Waals surface area (Å²) in [5.74, 6) is 1.17. The molecule has 3 aromatic rings. The molecule has 0 saturated heterocycles. The van der Waals surface area contributed by atoms with E-state index in [1.807, 2.05) is 0 Å². The molecule has 110 valence electrons. The SMILES string of the molecule is CCc1nc2ccccc2n1C(C)CNCc1cccs1. The Morgan fingerprint density at radius 1 is 1.24 bits per heavy atom. The first-order chi connectivity index (χ1) is 10.3. The molecule has 2 aromatic heterocycles. The van der Waals surface area contributed by atoms with Crippen molar-refractivity contribution in [1.82, 2.24) is 14.9 Å². The third-order valence-corrected chi connectivity index (χ3v) is 4.62. The second-order valence-corrected chi connectivity index (χ2v) is 6.33. The van der Waals surface area contributed by atoms with Crippen LogP contribution in [0.4, 0.5) is 0 Å². The number of thiophene rings is 1. The minimum atomic E-state index is 0.396. The summed E-state index contributed by atoms with van der Waals surface area (Å²) in [5.41, 5.74) is 2.33. The number of hydrogen-bond acceptors (Lipinski definition) is 3. The third kappa shape index (κ3) is 3.01. The number of para-hydroxylation sites is 2. The zero-order valence-electron chi connectivity index (χ0n) is 12.5. The highest BCUT2D eigenvalue weighted by Crippen LogP contribution is 2.21. The van der Waals surface area contributed by atoms with E-state index in [1.165, 1.54) is 16.2 Å². The number of aryl methyl sites for hydroxylation is 1. The van der Waals surface area contributed by atoms with E-state index in [1.54, 1.807) is 11.3 Å². The average Bonchev–Trinajstić information content (AvgIpc) is 3.13. The van der Waals surface area contributed by atoms with Gasteiger partial charge in [-0.2, -0.15) is 0 Å². The molecular formula is C17H21N3S. The van der Waals surface area contributed by atoms with Crippen LogP contribution >= 0.6 is 11.3 Å². The van der Waals surface area contributed by atoms with Gasteiger partial charge in [0.05, 0.1) is 11.0 Å². The first-order valence-corrected chi connectivity index (χ1v) is 8.36. The van der Waals surface area contributed by atoms with Crippen molar-refractivity contribution >= 4 is 22.4 Å². The highest BCUT2D eigenvalue weighted by molar-refractivity contribution is 7.09. The van der Waals surface area contributed by atoms with Gasteiger partial charge in [0.1, 0.15) is 5.82 Å². The monoisotopic (exact) mass is 299 g/mol. The molecular weight excluding hydrogens is 278 g/mol. The summed E-state index contributed by atoms with van der Waals surface area (Å²) in [7, 11) is 0. The predicted molar refractivity (Wildman–Crippen MR) is 89.8 cm³/mol. The Morgan fingerprint density at radius 2 is 2.10 bits per heavy atom.